The summed E-state index contributed by atoms with van der Waals surface area (Å²) in [5.41, 5.74) is 3.26. The summed E-state index contributed by atoms with van der Waals surface area (Å²) in [4.78, 5) is 21.4. The van der Waals surface area contributed by atoms with Gasteiger partial charge in [-0.2, -0.15) is 0 Å². The minimum absolute atomic E-state index is 0.201. The van der Waals surface area contributed by atoms with Crippen molar-refractivity contribution in [3.8, 4) is 0 Å². The van der Waals surface area contributed by atoms with Crippen molar-refractivity contribution < 1.29 is 0 Å². The molecule has 1 fully saturated rings. The van der Waals surface area contributed by atoms with E-state index in [1.807, 2.05) is 18.4 Å². The molecule has 31 heavy (non-hydrogen) atoms. The zero-order valence-corrected chi connectivity index (χ0v) is 18.8. The maximum Gasteiger partial charge on any atom is 0.188 e. The lowest BCUT2D eigenvalue weighted by atomic mass is 10.2. The van der Waals surface area contributed by atoms with Gasteiger partial charge in [0.25, 0.3) is 0 Å². The molecule has 4 aromatic rings. The molecule has 0 saturated carbocycles. The molecule has 4 heterocycles. The summed E-state index contributed by atoms with van der Waals surface area (Å²) >= 11 is 1.57. The van der Waals surface area contributed by atoms with Crippen LogP contribution in [0.25, 0.3) is 11.0 Å². The first kappa shape index (κ1) is 20.1. The molecule has 1 saturated heterocycles. The summed E-state index contributed by atoms with van der Waals surface area (Å²) in [5.74, 6) is 2.82. The summed E-state index contributed by atoms with van der Waals surface area (Å²) < 4.78 is 2.37. The van der Waals surface area contributed by atoms with Gasteiger partial charge in [0.1, 0.15) is 17.5 Å². The Hall–Kier alpha value is -2.84. The fraction of sp³-hybridized carbons (Fsp3) is 0.391. The number of thiazole rings is 1. The van der Waals surface area contributed by atoms with E-state index in [9.17, 15) is 0 Å². The zero-order valence-electron chi connectivity index (χ0n) is 18.0. The van der Waals surface area contributed by atoms with E-state index in [1.165, 1.54) is 5.52 Å². The van der Waals surface area contributed by atoms with Crippen LogP contribution in [0.4, 0.5) is 10.9 Å². The van der Waals surface area contributed by atoms with Crippen LogP contribution in [-0.2, 0) is 13.1 Å². The van der Waals surface area contributed by atoms with Crippen molar-refractivity contribution in [2.24, 2.45) is 0 Å². The monoisotopic (exact) mass is 433 g/mol. The number of benzene rings is 1. The van der Waals surface area contributed by atoms with Gasteiger partial charge in [-0.05, 0) is 44.9 Å². The van der Waals surface area contributed by atoms with Crippen molar-refractivity contribution in [3.05, 3.63) is 59.3 Å². The second-order valence-electron chi connectivity index (χ2n) is 8.01. The number of para-hydroxylation sites is 2. The maximum atomic E-state index is 4.97. The van der Waals surface area contributed by atoms with Crippen molar-refractivity contribution in [1.82, 2.24) is 29.4 Å². The van der Waals surface area contributed by atoms with E-state index < -0.39 is 0 Å². The van der Waals surface area contributed by atoms with Crippen molar-refractivity contribution in [3.63, 3.8) is 0 Å². The third-order valence-corrected chi connectivity index (χ3v) is 6.41. The van der Waals surface area contributed by atoms with E-state index in [0.717, 1.165) is 72.7 Å². The van der Waals surface area contributed by atoms with Gasteiger partial charge in [0.05, 0.1) is 23.6 Å². The quantitative estimate of drug-likeness (QED) is 0.438. The first-order chi connectivity index (χ1) is 15.2. The number of imidazole rings is 1. The molecule has 7 nitrogen and oxygen atoms in total. The van der Waals surface area contributed by atoms with Crippen LogP contribution in [0, 0.1) is 6.92 Å². The van der Waals surface area contributed by atoms with E-state index >= 15 is 0 Å². The minimum atomic E-state index is 0.201. The fourth-order valence-electron chi connectivity index (χ4n) is 4.41. The first-order valence-electron chi connectivity index (χ1n) is 10.9. The predicted octanol–water partition coefficient (Wildman–Crippen LogP) is 5.08. The molecule has 0 spiro atoms. The van der Waals surface area contributed by atoms with Gasteiger partial charge in [-0.25, -0.2) is 19.9 Å². The summed E-state index contributed by atoms with van der Waals surface area (Å²) in [7, 11) is 0. The van der Waals surface area contributed by atoms with Crippen LogP contribution in [-0.4, -0.2) is 35.9 Å². The topological polar surface area (TPSA) is 71.8 Å². The van der Waals surface area contributed by atoms with Gasteiger partial charge in [0.15, 0.2) is 5.13 Å². The third-order valence-electron chi connectivity index (χ3n) is 5.73. The second-order valence-corrected chi connectivity index (χ2v) is 8.91. The SMILES string of the molecule is CCCn1c(CN2CCCC2c2nc(C)cc(Nc3nccs3)n2)nc2ccccc21. The number of anilines is 2. The summed E-state index contributed by atoms with van der Waals surface area (Å²) in [6.45, 7) is 7.07. The highest BCUT2D eigenvalue weighted by Crippen LogP contribution is 2.33. The number of hydrogen-bond acceptors (Lipinski definition) is 7. The predicted molar refractivity (Wildman–Crippen MR) is 125 cm³/mol. The van der Waals surface area contributed by atoms with Gasteiger partial charge in [0.2, 0.25) is 0 Å². The Balaban J connectivity index is 1.42. The Labute approximate surface area is 186 Å². The van der Waals surface area contributed by atoms with Crippen LogP contribution >= 0.6 is 11.3 Å². The van der Waals surface area contributed by atoms with Crippen molar-refractivity contribution >= 4 is 33.3 Å². The molecule has 1 aliphatic heterocycles. The molecular weight excluding hydrogens is 406 g/mol. The van der Waals surface area contributed by atoms with Gasteiger partial charge < -0.3 is 9.88 Å². The van der Waals surface area contributed by atoms with Gasteiger partial charge >= 0.3 is 0 Å². The Morgan fingerprint density at radius 1 is 1.19 bits per heavy atom. The average Bonchev–Trinajstić information content (AvgIpc) is 3.50. The van der Waals surface area contributed by atoms with Gasteiger partial charge in [-0.3, -0.25) is 4.90 Å². The summed E-state index contributed by atoms with van der Waals surface area (Å²) in [5, 5.41) is 6.12. The number of aromatic nitrogens is 5. The normalized spacial score (nSPS) is 16.9. The zero-order chi connectivity index (χ0) is 21.2. The number of rotatable bonds is 7. The standard InChI is InChI=1S/C23H27N7S/c1-3-11-30-18-8-5-4-7-17(18)26-21(30)15-29-12-6-9-19(29)22-25-16(2)14-20(27-22)28-23-24-10-13-31-23/h4-5,7-8,10,13-14,19H,3,6,9,11-12,15H2,1-2H3,(H,24,25,27,28). The van der Waals surface area contributed by atoms with Crippen LogP contribution in [0.15, 0.2) is 41.9 Å². The Morgan fingerprint density at radius 2 is 2.10 bits per heavy atom. The van der Waals surface area contributed by atoms with Crippen LogP contribution in [0.3, 0.4) is 0 Å². The third kappa shape index (κ3) is 4.18. The van der Waals surface area contributed by atoms with Crippen LogP contribution in [0.5, 0.6) is 0 Å². The number of likely N-dealkylation sites (tertiary alicyclic amines) is 1. The lowest BCUT2D eigenvalue weighted by Gasteiger charge is -2.24. The number of nitrogens with one attached hydrogen (secondary N) is 1. The van der Waals surface area contributed by atoms with Gasteiger partial charge in [-0.15, -0.1) is 11.3 Å². The lowest BCUT2D eigenvalue weighted by Crippen LogP contribution is -2.26. The number of hydrogen-bond donors (Lipinski definition) is 1. The van der Waals surface area contributed by atoms with Crippen LogP contribution in [0.2, 0.25) is 0 Å². The van der Waals surface area contributed by atoms with Crippen molar-refractivity contribution in [1.29, 1.82) is 0 Å². The number of aryl methyl sites for hydroxylation is 2. The van der Waals surface area contributed by atoms with Crippen molar-refractivity contribution in [2.45, 2.75) is 52.2 Å². The first-order valence-corrected chi connectivity index (χ1v) is 11.8. The van der Waals surface area contributed by atoms with E-state index in [-0.39, 0.29) is 6.04 Å². The largest absolute Gasteiger partial charge is 0.327 e. The Bertz CT molecular complexity index is 1170. The molecule has 5 rings (SSSR count). The maximum absolute atomic E-state index is 4.97. The molecule has 3 aromatic heterocycles. The molecule has 160 valence electrons. The smallest absolute Gasteiger partial charge is 0.188 e. The molecule has 1 aromatic carbocycles. The molecule has 0 amide bonds. The van der Waals surface area contributed by atoms with Gasteiger partial charge in [0, 0.05) is 29.9 Å². The highest BCUT2D eigenvalue weighted by Gasteiger charge is 2.30. The fourth-order valence-corrected chi connectivity index (χ4v) is 4.94. The molecular formula is C23H27N7S. The molecule has 0 bridgehead atoms. The molecule has 1 atom stereocenters. The van der Waals surface area contributed by atoms with Crippen LogP contribution in [0.1, 0.15) is 49.6 Å². The van der Waals surface area contributed by atoms with E-state index in [2.05, 4.69) is 51.0 Å². The molecule has 0 aliphatic carbocycles. The average molecular weight is 434 g/mol. The Morgan fingerprint density at radius 3 is 2.94 bits per heavy atom. The molecule has 1 N–H and O–H groups in total. The van der Waals surface area contributed by atoms with Crippen molar-refractivity contribution in [2.75, 3.05) is 11.9 Å². The second kappa shape index (κ2) is 8.72. The highest BCUT2D eigenvalue weighted by atomic mass is 32.1. The minimum Gasteiger partial charge on any atom is -0.327 e. The summed E-state index contributed by atoms with van der Waals surface area (Å²) in [6, 6.07) is 10.6. The highest BCUT2D eigenvalue weighted by molar-refractivity contribution is 7.13. The molecule has 8 heteroatoms. The Kier molecular flexibility index (Phi) is 5.65. The molecule has 1 unspecified atom stereocenters. The molecule has 1 aliphatic rings. The number of fused-ring (bicyclic) bond motifs is 1. The van der Waals surface area contributed by atoms with E-state index in [4.69, 9.17) is 15.0 Å². The van der Waals surface area contributed by atoms with Gasteiger partial charge in [-0.1, -0.05) is 19.1 Å². The van der Waals surface area contributed by atoms with Crippen LogP contribution < -0.4 is 5.32 Å². The van der Waals surface area contributed by atoms with E-state index in [0.29, 0.717) is 0 Å². The summed E-state index contributed by atoms with van der Waals surface area (Å²) in [6.07, 6.45) is 5.09. The lowest BCUT2D eigenvalue weighted by molar-refractivity contribution is 0.231. The molecule has 0 radical (unpaired) electrons. The van der Waals surface area contributed by atoms with E-state index in [1.54, 1.807) is 17.5 Å². The number of nitrogens with zero attached hydrogens (tertiary/aromatic N) is 6.